The average Bonchev–Trinajstić information content (AvgIpc) is 3.74. The second-order valence-electron chi connectivity index (χ2n) is 21.3. The number of fused-ring (bicyclic) bond motifs is 2. The van der Waals surface area contributed by atoms with Crippen molar-refractivity contribution in [1.82, 2.24) is 0 Å². The van der Waals surface area contributed by atoms with Crippen molar-refractivity contribution in [2.75, 3.05) is 13.2 Å². The van der Waals surface area contributed by atoms with Crippen LogP contribution in [0, 0.1) is 44.8 Å². The van der Waals surface area contributed by atoms with Crippen LogP contribution in [0.1, 0.15) is 113 Å². The molecule has 2 saturated heterocycles. The summed E-state index contributed by atoms with van der Waals surface area (Å²) in [4.78, 5) is 0. The zero-order valence-corrected chi connectivity index (χ0v) is 34.8. The van der Waals surface area contributed by atoms with Gasteiger partial charge in [0.15, 0.2) is 12.6 Å². The summed E-state index contributed by atoms with van der Waals surface area (Å²) in [5.74, 6) is 0.212. The highest BCUT2D eigenvalue weighted by Crippen LogP contribution is 2.89. The van der Waals surface area contributed by atoms with Crippen molar-refractivity contribution in [2.24, 2.45) is 44.8 Å². The minimum absolute atomic E-state index is 0.0506. The molecule has 7 fully saturated rings. The maximum absolute atomic E-state index is 12.1. The smallest absolute Gasteiger partial charge is 0.187 e. The lowest BCUT2D eigenvalue weighted by molar-refractivity contribution is -0.377. The van der Waals surface area contributed by atoms with Gasteiger partial charge in [-0.2, -0.15) is 0 Å². The van der Waals surface area contributed by atoms with Crippen molar-refractivity contribution in [2.45, 2.75) is 204 Å². The van der Waals surface area contributed by atoms with Gasteiger partial charge in [0, 0.05) is 5.92 Å². The van der Waals surface area contributed by atoms with E-state index < -0.39 is 110 Å². The number of hydrogen-bond donors (Lipinski definition) is 11. The van der Waals surface area contributed by atoms with Gasteiger partial charge >= 0.3 is 0 Å². The molecular formula is C42H72O15. The third-order valence-electron chi connectivity index (χ3n) is 17.7. The largest absolute Gasteiger partial charge is 0.394 e. The van der Waals surface area contributed by atoms with Gasteiger partial charge in [-0.1, -0.05) is 27.7 Å². The van der Waals surface area contributed by atoms with Crippen LogP contribution in [-0.4, -0.2) is 160 Å². The van der Waals surface area contributed by atoms with Gasteiger partial charge in [0.2, 0.25) is 0 Å². The number of aliphatic hydroxyl groups excluding tert-OH is 9. The Morgan fingerprint density at radius 1 is 0.684 bits per heavy atom. The quantitative estimate of drug-likeness (QED) is 0.123. The van der Waals surface area contributed by atoms with Gasteiger partial charge in [-0.05, 0) is 124 Å². The summed E-state index contributed by atoms with van der Waals surface area (Å²) < 4.78 is 24.3. The first-order valence-corrected chi connectivity index (χ1v) is 21.4. The summed E-state index contributed by atoms with van der Waals surface area (Å²) in [5.41, 5.74) is -3.40. The molecule has 2 heterocycles. The second-order valence-corrected chi connectivity index (χ2v) is 21.3. The Kier molecular flexibility index (Phi) is 11.5. The summed E-state index contributed by atoms with van der Waals surface area (Å²) in [7, 11) is 0. The Balaban J connectivity index is 1.09. The maximum Gasteiger partial charge on any atom is 0.187 e. The number of hydrogen-bond acceptors (Lipinski definition) is 15. The maximum atomic E-state index is 12.1. The molecule has 0 aromatic carbocycles. The molecule has 2 spiro atoms. The highest BCUT2D eigenvalue weighted by Gasteiger charge is 2.83. The van der Waals surface area contributed by atoms with Crippen LogP contribution in [0.15, 0.2) is 0 Å². The van der Waals surface area contributed by atoms with Crippen molar-refractivity contribution >= 4 is 0 Å². The zero-order valence-electron chi connectivity index (χ0n) is 34.8. The molecule has 330 valence electrons. The van der Waals surface area contributed by atoms with Crippen LogP contribution in [0.25, 0.3) is 0 Å². The average molecular weight is 817 g/mol. The zero-order chi connectivity index (χ0) is 42.1. The molecule has 0 aromatic rings. The van der Waals surface area contributed by atoms with Crippen molar-refractivity contribution in [3.63, 3.8) is 0 Å². The highest BCUT2D eigenvalue weighted by molar-refractivity contribution is 5.31. The minimum Gasteiger partial charge on any atom is -0.394 e. The molecule has 15 nitrogen and oxygen atoms in total. The van der Waals surface area contributed by atoms with E-state index >= 15 is 0 Å². The fourth-order valence-corrected chi connectivity index (χ4v) is 14.5. The predicted molar refractivity (Wildman–Crippen MR) is 202 cm³/mol. The molecular weight excluding hydrogens is 744 g/mol. The predicted octanol–water partition coefficient (Wildman–Crippen LogP) is 0.0686. The highest BCUT2D eigenvalue weighted by atomic mass is 16.8. The normalized spacial score (nSPS) is 53.5. The van der Waals surface area contributed by atoms with E-state index in [0.717, 1.165) is 38.5 Å². The van der Waals surface area contributed by atoms with E-state index in [1.54, 1.807) is 20.8 Å². The van der Waals surface area contributed by atoms with Crippen LogP contribution < -0.4 is 0 Å². The third-order valence-corrected chi connectivity index (χ3v) is 17.7. The molecule has 7 aliphatic rings. The number of aliphatic hydroxyl groups is 11. The number of ether oxygens (including phenoxy) is 4. The SMILES string of the molecule is CC(C)(O)C(O)CCC(C)(O)C1C(O)CC2(C)C3CCC4C(C)(C)C(OC5OC(CO)C(O)C(O)C5OC5OC(CO)C(O)C(O)C5O)CCC45CC35CCC12C. The first-order valence-electron chi connectivity index (χ1n) is 21.4. The molecule has 0 amide bonds. The van der Waals surface area contributed by atoms with E-state index in [1.807, 2.05) is 0 Å². The topological polar surface area (TPSA) is 259 Å². The molecule has 11 N–H and O–H groups in total. The van der Waals surface area contributed by atoms with Gasteiger partial charge in [0.25, 0.3) is 0 Å². The van der Waals surface area contributed by atoms with Gasteiger partial charge in [-0.15, -0.1) is 0 Å². The van der Waals surface area contributed by atoms with E-state index in [2.05, 4.69) is 27.7 Å². The molecule has 21 unspecified atom stereocenters. The van der Waals surface area contributed by atoms with Gasteiger partial charge in [-0.3, -0.25) is 0 Å². The lowest BCUT2D eigenvalue weighted by Gasteiger charge is -2.64. The Hall–Kier alpha value is -0.600. The standard InChI is InChI=1S/C42H72O15/c1-36(2)23-8-9-24-39(6)16-20(45)33(40(7,53)12-10-25(46)37(3,4)52)38(39,5)14-15-42(24)19-41(23,42)13-11-26(36)56-35-32(30(50)28(48)22(18-44)55-35)57-34-31(51)29(49)27(47)21(17-43)54-34/h20-35,43-53H,8-19H2,1-7H3. The van der Waals surface area contributed by atoms with E-state index in [4.69, 9.17) is 18.9 Å². The monoisotopic (exact) mass is 816 g/mol. The molecule has 5 aliphatic carbocycles. The summed E-state index contributed by atoms with van der Waals surface area (Å²) >= 11 is 0. The van der Waals surface area contributed by atoms with Gasteiger partial charge in [0.1, 0.15) is 48.8 Å². The van der Waals surface area contributed by atoms with Crippen molar-refractivity contribution in [3.05, 3.63) is 0 Å². The molecule has 57 heavy (non-hydrogen) atoms. The first kappa shape index (κ1) is 44.5. The van der Waals surface area contributed by atoms with E-state index in [9.17, 15) is 56.2 Å². The van der Waals surface area contributed by atoms with E-state index in [-0.39, 0.29) is 46.3 Å². The second kappa shape index (κ2) is 14.8. The summed E-state index contributed by atoms with van der Waals surface area (Å²) in [5, 5.41) is 118. The summed E-state index contributed by atoms with van der Waals surface area (Å²) in [6, 6.07) is 0. The Bertz CT molecular complexity index is 1450. The summed E-state index contributed by atoms with van der Waals surface area (Å²) in [6.45, 7) is 12.6. The molecule has 2 aliphatic heterocycles. The van der Waals surface area contributed by atoms with Crippen molar-refractivity contribution < 1.29 is 75.1 Å². The lowest BCUT2D eigenvalue weighted by atomic mass is 9.41. The lowest BCUT2D eigenvalue weighted by Crippen LogP contribution is -2.65. The van der Waals surface area contributed by atoms with Crippen LogP contribution in [0.4, 0.5) is 0 Å². The van der Waals surface area contributed by atoms with Gasteiger partial charge in [-0.25, -0.2) is 0 Å². The first-order chi connectivity index (χ1) is 26.4. The van der Waals surface area contributed by atoms with Crippen LogP contribution >= 0.6 is 0 Å². The van der Waals surface area contributed by atoms with Crippen LogP contribution in [0.3, 0.4) is 0 Å². The molecule has 0 bridgehead atoms. The molecule has 0 radical (unpaired) electrons. The van der Waals surface area contributed by atoms with E-state index in [0.29, 0.717) is 18.8 Å². The summed E-state index contributed by atoms with van der Waals surface area (Å²) in [6.07, 6.45) is -9.87. The van der Waals surface area contributed by atoms with Crippen molar-refractivity contribution in [3.8, 4) is 0 Å². The van der Waals surface area contributed by atoms with Crippen LogP contribution in [-0.2, 0) is 18.9 Å². The molecule has 5 saturated carbocycles. The fraction of sp³-hybridized carbons (Fsp3) is 1.00. The fourth-order valence-electron chi connectivity index (χ4n) is 14.5. The van der Waals surface area contributed by atoms with E-state index in [1.165, 1.54) is 0 Å². The number of rotatable bonds is 11. The molecule has 0 aromatic heterocycles. The Labute approximate surface area is 336 Å². The molecule has 21 atom stereocenters. The van der Waals surface area contributed by atoms with Crippen LogP contribution in [0.2, 0.25) is 0 Å². The van der Waals surface area contributed by atoms with Gasteiger partial charge in [0.05, 0.1) is 42.7 Å². The minimum atomic E-state index is -1.76. The Morgan fingerprint density at radius 3 is 1.88 bits per heavy atom. The Morgan fingerprint density at radius 2 is 1.26 bits per heavy atom. The third kappa shape index (κ3) is 6.63. The molecule has 7 rings (SSSR count). The van der Waals surface area contributed by atoms with Crippen LogP contribution in [0.5, 0.6) is 0 Å². The molecule has 15 heteroatoms. The van der Waals surface area contributed by atoms with Crippen molar-refractivity contribution in [1.29, 1.82) is 0 Å². The van der Waals surface area contributed by atoms with Gasteiger partial charge < -0.3 is 75.1 Å².